The summed E-state index contributed by atoms with van der Waals surface area (Å²) in [6, 6.07) is 10.9. The first-order chi connectivity index (χ1) is 14.6. The summed E-state index contributed by atoms with van der Waals surface area (Å²) in [5.41, 5.74) is 1.78. The second-order valence-electron chi connectivity index (χ2n) is 7.31. The number of nitrogens with one attached hydrogen (secondary N) is 3. The van der Waals surface area contributed by atoms with Crippen LogP contribution in [-0.4, -0.2) is 60.7 Å². The highest BCUT2D eigenvalue weighted by atomic mass is 16.5. The van der Waals surface area contributed by atoms with Gasteiger partial charge in [-0.1, -0.05) is 30.3 Å². The zero-order valence-corrected chi connectivity index (χ0v) is 17.1. The first-order valence-corrected chi connectivity index (χ1v) is 9.96. The van der Waals surface area contributed by atoms with Gasteiger partial charge in [-0.15, -0.1) is 0 Å². The fraction of sp³-hybridized carbons (Fsp3) is 0.381. The molecule has 0 saturated carbocycles. The molecule has 2 aromatic heterocycles. The molecular weight excluding hydrogens is 384 g/mol. The van der Waals surface area contributed by atoms with Crippen molar-refractivity contribution in [2.45, 2.75) is 19.1 Å². The number of hydrogen-bond donors (Lipinski definition) is 3. The number of carbonyl (C=O) groups is 1. The fourth-order valence-electron chi connectivity index (χ4n) is 3.60. The van der Waals surface area contributed by atoms with Gasteiger partial charge < -0.3 is 19.7 Å². The Morgan fingerprint density at radius 2 is 2.23 bits per heavy atom. The molecule has 0 spiro atoms. The number of anilines is 2. The van der Waals surface area contributed by atoms with Crippen LogP contribution in [0.1, 0.15) is 18.5 Å². The summed E-state index contributed by atoms with van der Waals surface area (Å²) in [7, 11) is 1.61. The van der Waals surface area contributed by atoms with Crippen molar-refractivity contribution in [2.75, 3.05) is 43.6 Å². The van der Waals surface area contributed by atoms with Crippen molar-refractivity contribution >= 4 is 28.6 Å². The Hall–Kier alpha value is -3.17. The van der Waals surface area contributed by atoms with Crippen LogP contribution in [0, 0.1) is 0 Å². The predicted molar refractivity (Wildman–Crippen MR) is 115 cm³/mol. The SMILES string of the molecule is COC[C@@H](NC(=O)Nc1cc2[nH]nc(N3CCOC(C)C3)c2cn1)c1ccccc1. The average molecular weight is 410 g/mol. The summed E-state index contributed by atoms with van der Waals surface area (Å²) in [4.78, 5) is 19.1. The van der Waals surface area contributed by atoms with Crippen molar-refractivity contribution in [1.29, 1.82) is 0 Å². The van der Waals surface area contributed by atoms with Gasteiger partial charge in [0, 0.05) is 32.5 Å². The van der Waals surface area contributed by atoms with Gasteiger partial charge in [-0.25, -0.2) is 9.78 Å². The minimum absolute atomic E-state index is 0.160. The lowest BCUT2D eigenvalue weighted by Crippen LogP contribution is -2.41. The largest absolute Gasteiger partial charge is 0.382 e. The Bertz CT molecular complexity index is 993. The van der Waals surface area contributed by atoms with Gasteiger partial charge in [0.1, 0.15) is 5.82 Å². The highest BCUT2D eigenvalue weighted by molar-refractivity contribution is 5.94. The topological polar surface area (TPSA) is 104 Å². The summed E-state index contributed by atoms with van der Waals surface area (Å²) in [5, 5.41) is 14.1. The Morgan fingerprint density at radius 1 is 1.40 bits per heavy atom. The summed E-state index contributed by atoms with van der Waals surface area (Å²) in [6.45, 7) is 4.65. The van der Waals surface area contributed by atoms with Crippen LogP contribution in [0.4, 0.5) is 16.4 Å². The number of morpholine rings is 1. The molecule has 158 valence electrons. The number of H-pyrrole nitrogens is 1. The standard InChI is InChI=1S/C21H26N6O3/c1-14-12-27(8-9-30-14)20-16-11-22-19(10-17(16)25-26-20)24-21(28)23-18(13-29-2)15-6-4-3-5-7-15/h3-7,10-11,14,18H,8-9,12-13H2,1-2H3,(H,25,26)(H2,22,23,24,28)/t14?,18-/m1/s1. The van der Waals surface area contributed by atoms with Gasteiger partial charge in [-0.2, -0.15) is 5.10 Å². The molecule has 2 atom stereocenters. The molecule has 9 nitrogen and oxygen atoms in total. The van der Waals surface area contributed by atoms with Crippen LogP contribution in [0.3, 0.4) is 0 Å². The minimum atomic E-state index is -0.352. The molecule has 9 heteroatoms. The van der Waals surface area contributed by atoms with Crippen molar-refractivity contribution in [1.82, 2.24) is 20.5 Å². The van der Waals surface area contributed by atoms with Crippen molar-refractivity contribution in [3.8, 4) is 0 Å². The molecule has 0 radical (unpaired) electrons. The number of carbonyl (C=O) groups excluding carboxylic acids is 1. The number of pyridine rings is 1. The van der Waals surface area contributed by atoms with E-state index in [9.17, 15) is 4.79 Å². The zero-order chi connectivity index (χ0) is 20.9. The lowest BCUT2D eigenvalue weighted by Gasteiger charge is -2.31. The van der Waals surface area contributed by atoms with Gasteiger partial charge in [0.05, 0.1) is 36.3 Å². The Kier molecular flexibility index (Phi) is 6.10. The lowest BCUT2D eigenvalue weighted by molar-refractivity contribution is 0.0530. The number of urea groups is 1. The molecule has 30 heavy (non-hydrogen) atoms. The van der Waals surface area contributed by atoms with E-state index >= 15 is 0 Å². The first kappa shape index (κ1) is 20.1. The van der Waals surface area contributed by atoms with Crippen LogP contribution < -0.4 is 15.5 Å². The molecule has 1 saturated heterocycles. The third-order valence-electron chi connectivity index (χ3n) is 5.05. The van der Waals surface area contributed by atoms with E-state index in [-0.39, 0.29) is 18.2 Å². The molecule has 2 amide bonds. The molecule has 3 heterocycles. The van der Waals surface area contributed by atoms with Crippen LogP contribution in [0.2, 0.25) is 0 Å². The fourth-order valence-corrected chi connectivity index (χ4v) is 3.60. The molecular formula is C21H26N6O3. The lowest BCUT2D eigenvalue weighted by atomic mass is 10.1. The van der Waals surface area contributed by atoms with E-state index in [1.54, 1.807) is 19.4 Å². The molecule has 1 unspecified atom stereocenters. The predicted octanol–water partition coefficient (Wildman–Crippen LogP) is 2.69. The third kappa shape index (κ3) is 4.52. The second-order valence-corrected chi connectivity index (χ2v) is 7.31. The summed E-state index contributed by atoms with van der Waals surface area (Å²) in [5.74, 6) is 1.29. The number of nitrogens with zero attached hydrogens (tertiary/aromatic N) is 3. The summed E-state index contributed by atoms with van der Waals surface area (Å²) in [6.07, 6.45) is 1.89. The molecule has 1 fully saturated rings. The number of rotatable bonds is 6. The van der Waals surface area contributed by atoms with Crippen LogP contribution in [-0.2, 0) is 9.47 Å². The number of aromatic nitrogens is 3. The maximum Gasteiger partial charge on any atom is 0.320 e. The second kappa shape index (κ2) is 9.10. The highest BCUT2D eigenvalue weighted by Crippen LogP contribution is 2.26. The van der Waals surface area contributed by atoms with Crippen molar-refractivity contribution in [2.24, 2.45) is 0 Å². The number of ether oxygens (including phenoxy) is 2. The van der Waals surface area contributed by atoms with Gasteiger partial charge in [0.2, 0.25) is 0 Å². The van der Waals surface area contributed by atoms with Crippen LogP contribution in [0.5, 0.6) is 0 Å². The van der Waals surface area contributed by atoms with E-state index in [1.165, 1.54) is 0 Å². The van der Waals surface area contributed by atoms with E-state index in [4.69, 9.17) is 9.47 Å². The number of methoxy groups -OCH3 is 1. The number of aromatic amines is 1. The van der Waals surface area contributed by atoms with Gasteiger partial charge >= 0.3 is 6.03 Å². The molecule has 1 aromatic carbocycles. The first-order valence-electron chi connectivity index (χ1n) is 9.96. The molecule has 0 bridgehead atoms. The molecule has 4 rings (SSSR count). The minimum Gasteiger partial charge on any atom is -0.382 e. The molecule has 1 aliphatic heterocycles. The normalized spacial score (nSPS) is 17.7. The molecule has 1 aliphatic rings. The maximum absolute atomic E-state index is 12.5. The number of hydrogen-bond acceptors (Lipinski definition) is 6. The van der Waals surface area contributed by atoms with Gasteiger partial charge in [-0.05, 0) is 12.5 Å². The van der Waals surface area contributed by atoms with Crippen molar-refractivity contribution in [3.63, 3.8) is 0 Å². The van der Waals surface area contributed by atoms with Crippen LogP contribution in [0.15, 0.2) is 42.6 Å². The Labute approximate surface area is 174 Å². The Balaban J connectivity index is 1.45. The number of amides is 2. The molecule has 0 aliphatic carbocycles. The van der Waals surface area contributed by atoms with E-state index < -0.39 is 0 Å². The number of benzene rings is 1. The van der Waals surface area contributed by atoms with E-state index in [0.717, 1.165) is 35.4 Å². The molecule has 3 N–H and O–H groups in total. The van der Waals surface area contributed by atoms with Gasteiger partial charge in [0.25, 0.3) is 0 Å². The zero-order valence-electron chi connectivity index (χ0n) is 17.1. The third-order valence-corrected chi connectivity index (χ3v) is 5.05. The quantitative estimate of drug-likeness (QED) is 0.577. The maximum atomic E-state index is 12.5. The van der Waals surface area contributed by atoms with Gasteiger partial charge in [-0.3, -0.25) is 10.4 Å². The van der Waals surface area contributed by atoms with Crippen molar-refractivity contribution < 1.29 is 14.3 Å². The Morgan fingerprint density at radius 3 is 3.00 bits per heavy atom. The average Bonchev–Trinajstić information content (AvgIpc) is 3.17. The highest BCUT2D eigenvalue weighted by Gasteiger charge is 2.21. The van der Waals surface area contributed by atoms with Crippen molar-refractivity contribution in [3.05, 3.63) is 48.2 Å². The van der Waals surface area contributed by atoms with Crippen LogP contribution in [0.25, 0.3) is 10.9 Å². The van der Waals surface area contributed by atoms with E-state index in [0.29, 0.717) is 19.0 Å². The monoisotopic (exact) mass is 410 g/mol. The smallest absolute Gasteiger partial charge is 0.320 e. The van der Waals surface area contributed by atoms with Crippen LogP contribution >= 0.6 is 0 Å². The van der Waals surface area contributed by atoms with E-state index in [2.05, 4.69) is 30.7 Å². The number of fused-ring (bicyclic) bond motifs is 1. The summed E-state index contributed by atoms with van der Waals surface area (Å²) < 4.78 is 10.9. The summed E-state index contributed by atoms with van der Waals surface area (Å²) >= 11 is 0. The molecule has 3 aromatic rings. The van der Waals surface area contributed by atoms with E-state index in [1.807, 2.05) is 37.3 Å². The van der Waals surface area contributed by atoms with Gasteiger partial charge in [0.15, 0.2) is 5.82 Å².